The molecule has 0 aromatic carbocycles. The van der Waals surface area contributed by atoms with Crippen LogP contribution in [0.1, 0.15) is 54.7 Å². The van der Waals surface area contributed by atoms with Gasteiger partial charge < -0.3 is 10.2 Å². The third-order valence-electron chi connectivity index (χ3n) is 4.73. The fourth-order valence-corrected chi connectivity index (χ4v) is 3.38. The maximum atomic E-state index is 12.4. The van der Waals surface area contributed by atoms with Gasteiger partial charge in [-0.25, -0.2) is 4.98 Å². The summed E-state index contributed by atoms with van der Waals surface area (Å²) in [5.74, 6) is 0.187. The summed E-state index contributed by atoms with van der Waals surface area (Å²) in [7, 11) is 0. The predicted octanol–water partition coefficient (Wildman–Crippen LogP) is 2.56. The number of unbranched alkanes of at least 4 members (excludes halogenated alkanes) is 2. The van der Waals surface area contributed by atoms with Crippen LogP contribution in [-0.4, -0.2) is 45.7 Å². The highest BCUT2D eigenvalue weighted by Gasteiger charge is 2.17. The highest BCUT2D eigenvalue weighted by Crippen LogP contribution is 2.12. The third-order valence-corrected chi connectivity index (χ3v) is 4.73. The summed E-state index contributed by atoms with van der Waals surface area (Å²) in [4.78, 5) is 30.7. The van der Waals surface area contributed by atoms with Crippen molar-refractivity contribution in [2.45, 2.75) is 45.4 Å². The summed E-state index contributed by atoms with van der Waals surface area (Å²) in [5.41, 5.74) is 2.12. The number of nitrogens with zero attached hydrogens (tertiary/aromatic N) is 3. The zero-order chi connectivity index (χ0) is 17.6. The Bertz CT molecular complexity index is 747. The van der Waals surface area contributed by atoms with Crippen molar-refractivity contribution in [1.29, 1.82) is 0 Å². The largest absolute Gasteiger partial charge is 0.351 e. The molecule has 0 aliphatic carbocycles. The van der Waals surface area contributed by atoms with E-state index in [2.05, 4.69) is 10.3 Å². The number of nitrogens with one attached hydrogen (secondary N) is 1. The lowest BCUT2D eigenvalue weighted by Crippen LogP contribution is -2.27. The second-order valence-corrected chi connectivity index (χ2v) is 6.63. The molecule has 3 rings (SSSR count). The van der Waals surface area contributed by atoms with Crippen LogP contribution in [0.3, 0.4) is 0 Å². The molecule has 0 radical (unpaired) electrons. The van der Waals surface area contributed by atoms with Crippen LogP contribution in [0.4, 0.5) is 0 Å². The number of hydrogen-bond acceptors (Lipinski definition) is 3. The number of rotatable bonds is 7. The Morgan fingerprint density at radius 1 is 1.16 bits per heavy atom. The lowest BCUT2D eigenvalue weighted by atomic mass is 10.2. The van der Waals surface area contributed by atoms with E-state index in [1.807, 2.05) is 40.6 Å². The molecule has 0 atom stereocenters. The second kappa shape index (κ2) is 8.14. The zero-order valence-corrected chi connectivity index (χ0v) is 14.8. The molecule has 0 bridgehead atoms. The van der Waals surface area contributed by atoms with Crippen LogP contribution in [0.25, 0.3) is 5.65 Å². The van der Waals surface area contributed by atoms with Gasteiger partial charge in [-0.1, -0.05) is 12.5 Å². The highest BCUT2D eigenvalue weighted by molar-refractivity contribution is 5.94. The molecule has 1 fully saturated rings. The van der Waals surface area contributed by atoms with Crippen LogP contribution in [0.2, 0.25) is 0 Å². The Kier molecular flexibility index (Phi) is 5.68. The molecular weight excluding hydrogens is 316 g/mol. The topological polar surface area (TPSA) is 66.7 Å². The number of aromatic nitrogens is 2. The quantitative estimate of drug-likeness (QED) is 0.787. The van der Waals surface area contributed by atoms with Gasteiger partial charge in [-0.05, 0) is 44.7 Å². The molecule has 0 spiro atoms. The zero-order valence-electron chi connectivity index (χ0n) is 14.8. The number of likely N-dealkylation sites (tertiary alicyclic amines) is 1. The van der Waals surface area contributed by atoms with E-state index >= 15 is 0 Å². The van der Waals surface area contributed by atoms with E-state index in [-0.39, 0.29) is 11.8 Å². The average Bonchev–Trinajstić information content (AvgIpc) is 3.24. The first kappa shape index (κ1) is 17.5. The van der Waals surface area contributed by atoms with Gasteiger partial charge >= 0.3 is 0 Å². The van der Waals surface area contributed by atoms with Gasteiger partial charge in [-0.15, -0.1) is 0 Å². The molecule has 25 heavy (non-hydrogen) atoms. The Morgan fingerprint density at radius 2 is 1.96 bits per heavy atom. The number of pyridine rings is 1. The van der Waals surface area contributed by atoms with Gasteiger partial charge in [0.1, 0.15) is 11.3 Å². The van der Waals surface area contributed by atoms with Crippen molar-refractivity contribution in [2.75, 3.05) is 19.6 Å². The molecule has 0 unspecified atom stereocenters. The molecular formula is C19H26N4O2. The normalized spacial score (nSPS) is 14.2. The number of carbonyl (C=O) groups is 2. The Morgan fingerprint density at radius 3 is 2.76 bits per heavy atom. The fraction of sp³-hybridized carbons (Fsp3) is 0.526. The minimum atomic E-state index is -0.0932. The first-order valence-electron chi connectivity index (χ1n) is 9.16. The van der Waals surface area contributed by atoms with Crippen LogP contribution in [0.15, 0.2) is 24.4 Å². The third kappa shape index (κ3) is 4.18. The number of aryl methyl sites for hydroxylation is 1. The van der Waals surface area contributed by atoms with Crippen molar-refractivity contribution >= 4 is 17.5 Å². The van der Waals surface area contributed by atoms with Gasteiger partial charge in [0.25, 0.3) is 5.91 Å². The van der Waals surface area contributed by atoms with E-state index in [1.165, 1.54) is 0 Å². The Balaban J connectivity index is 1.39. The second-order valence-electron chi connectivity index (χ2n) is 6.63. The van der Waals surface area contributed by atoms with E-state index < -0.39 is 0 Å². The molecule has 1 aliphatic rings. The van der Waals surface area contributed by atoms with Gasteiger partial charge in [0.05, 0.1) is 5.69 Å². The number of amides is 2. The van der Waals surface area contributed by atoms with E-state index in [1.54, 1.807) is 0 Å². The van der Waals surface area contributed by atoms with Gasteiger partial charge in [0, 0.05) is 32.3 Å². The van der Waals surface area contributed by atoms with Crippen LogP contribution in [0.5, 0.6) is 0 Å². The molecule has 1 N–H and O–H groups in total. The molecule has 134 valence electrons. The van der Waals surface area contributed by atoms with E-state index in [4.69, 9.17) is 0 Å². The van der Waals surface area contributed by atoms with Crippen molar-refractivity contribution < 1.29 is 9.59 Å². The van der Waals surface area contributed by atoms with Crippen LogP contribution >= 0.6 is 0 Å². The molecule has 6 nitrogen and oxygen atoms in total. The first-order chi connectivity index (χ1) is 12.2. The minimum absolute atomic E-state index is 0.0932. The first-order valence-corrected chi connectivity index (χ1v) is 9.16. The Hall–Kier alpha value is -2.37. The van der Waals surface area contributed by atoms with Gasteiger partial charge in [-0.2, -0.15) is 0 Å². The van der Waals surface area contributed by atoms with E-state index in [9.17, 15) is 9.59 Å². The molecule has 3 heterocycles. The molecule has 2 aromatic heterocycles. The number of carbonyl (C=O) groups excluding carboxylic acids is 2. The lowest BCUT2D eigenvalue weighted by molar-refractivity contribution is -0.130. The van der Waals surface area contributed by atoms with Gasteiger partial charge in [0.15, 0.2) is 0 Å². The standard InChI is InChI=1S/C19H26N4O2/c1-15-18(23-14-6-4-9-16(23)21-15)19(25)20-11-5-2-3-10-17(24)22-12-7-8-13-22/h4,6,9,14H,2-3,5,7-8,10-13H2,1H3,(H,20,25). The predicted molar refractivity (Wildman–Crippen MR) is 96.5 cm³/mol. The summed E-state index contributed by atoms with van der Waals surface area (Å²) < 4.78 is 1.82. The van der Waals surface area contributed by atoms with Crippen molar-refractivity contribution in [3.05, 3.63) is 35.8 Å². The summed E-state index contributed by atoms with van der Waals surface area (Å²) >= 11 is 0. The fourth-order valence-electron chi connectivity index (χ4n) is 3.38. The highest BCUT2D eigenvalue weighted by atomic mass is 16.2. The average molecular weight is 342 g/mol. The van der Waals surface area contributed by atoms with Crippen molar-refractivity contribution in [2.24, 2.45) is 0 Å². The molecule has 6 heteroatoms. The van der Waals surface area contributed by atoms with Crippen molar-refractivity contribution in [1.82, 2.24) is 19.6 Å². The molecule has 2 aromatic rings. The maximum absolute atomic E-state index is 12.4. The van der Waals surface area contributed by atoms with Crippen LogP contribution in [0, 0.1) is 6.92 Å². The summed E-state index contributed by atoms with van der Waals surface area (Å²) in [6.45, 7) is 4.32. The van der Waals surface area contributed by atoms with Crippen LogP contribution < -0.4 is 5.32 Å². The maximum Gasteiger partial charge on any atom is 0.270 e. The van der Waals surface area contributed by atoms with E-state index in [0.717, 1.165) is 56.5 Å². The molecule has 1 saturated heterocycles. The Labute approximate surface area is 148 Å². The lowest BCUT2D eigenvalue weighted by Gasteiger charge is -2.14. The SMILES string of the molecule is Cc1nc2ccccn2c1C(=O)NCCCCCC(=O)N1CCCC1. The van der Waals surface area contributed by atoms with E-state index in [0.29, 0.717) is 18.7 Å². The minimum Gasteiger partial charge on any atom is -0.351 e. The summed E-state index contributed by atoms with van der Waals surface area (Å²) in [6, 6.07) is 5.69. The smallest absolute Gasteiger partial charge is 0.270 e. The monoisotopic (exact) mass is 342 g/mol. The molecule has 0 saturated carbocycles. The van der Waals surface area contributed by atoms with Gasteiger partial charge in [0.2, 0.25) is 5.91 Å². The number of imidazole rings is 1. The van der Waals surface area contributed by atoms with Gasteiger partial charge in [-0.3, -0.25) is 14.0 Å². The summed E-state index contributed by atoms with van der Waals surface area (Å²) in [5, 5.41) is 2.97. The number of hydrogen-bond donors (Lipinski definition) is 1. The number of fused-ring (bicyclic) bond motifs is 1. The molecule has 1 aliphatic heterocycles. The van der Waals surface area contributed by atoms with Crippen molar-refractivity contribution in [3.8, 4) is 0 Å². The van der Waals surface area contributed by atoms with Crippen molar-refractivity contribution in [3.63, 3.8) is 0 Å². The summed E-state index contributed by atoms with van der Waals surface area (Å²) in [6.07, 6.45) is 7.48. The molecule has 2 amide bonds. The van der Waals surface area contributed by atoms with Crippen LogP contribution in [-0.2, 0) is 4.79 Å².